The second-order valence-corrected chi connectivity index (χ2v) is 3.24. The molecule has 2 rings (SSSR count). The smallest absolute Gasteiger partial charge is 0.423 e. The largest absolute Gasteiger partial charge is 0.488 e. The zero-order valence-electron chi connectivity index (χ0n) is 7.86. The van der Waals surface area contributed by atoms with E-state index in [1.165, 1.54) is 0 Å². The molecule has 14 heavy (non-hydrogen) atoms. The summed E-state index contributed by atoms with van der Waals surface area (Å²) in [5, 5.41) is 26.0. The van der Waals surface area contributed by atoms with Crippen molar-refractivity contribution >= 4 is 23.5 Å². The van der Waals surface area contributed by atoms with Crippen molar-refractivity contribution in [3.05, 3.63) is 23.9 Å². The molecule has 1 heterocycles. The molecule has 2 aromatic rings. The fraction of sp³-hybridized carbons (Fsp3) is 0.222. The number of H-pyrrole nitrogens is 1. The molecule has 0 aliphatic rings. The van der Waals surface area contributed by atoms with Gasteiger partial charge in [-0.2, -0.15) is 5.10 Å². The summed E-state index contributed by atoms with van der Waals surface area (Å²) in [7, 11) is -1.42. The predicted molar refractivity (Wildman–Crippen MR) is 55.3 cm³/mol. The number of nitrogens with zero attached hydrogens (tertiary/aromatic N) is 1. The van der Waals surface area contributed by atoms with Gasteiger partial charge in [0.2, 0.25) is 0 Å². The van der Waals surface area contributed by atoms with Crippen molar-refractivity contribution in [2.45, 2.75) is 13.3 Å². The van der Waals surface area contributed by atoms with E-state index in [9.17, 15) is 0 Å². The summed E-state index contributed by atoms with van der Waals surface area (Å²) >= 11 is 0. The Morgan fingerprint density at radius 3 is 2.86 bits per heavy atom. The second kappa shape index (κ2) is 3.44. The van der Waals surface area contributed by atoms with Crippen LogP contribution in [0.2, 0.25) is 0 Å². The van der Waals surface area contributed by atoms with Gasteiger partial charge in [0.05, 0.1) is 11.7 Å². The van der Waals surface area contributed by atoms with Crippen LogP contribution in [-0.2, 0) is 6.42 Å². The summed E-state index contributed by atoms with van der Waals surface area (Å²) in [6, 6.07) is 3.65. The van der Waals surface area contributed by atoms with Crippen LogP contribution in [0.5, 0.6) is 0 Å². The average molecular weight is 190 g/mol. The van der Waals surface area contributed by atoms with Crippen LogP contribution in [-0.4, -0.2) is 27.4 Å². The van der Waals surface area contributed by atoms with Crippen LogP contribution in [0.25, 0.3) is 10.9 Å². The Kier molecular flexibility index (Phi) is 2.27. The highest BCUT2D eigenvalue weighted by Crippen LogP contribution is 2.11. The topological polar surface area (TPSA) is 69.1 Å². The van der Waals surface area contributed by atoms with Crippen LogP contribution in [0.4, 0.5) is 0 Å². The van der Waals surface area contributed by atoms with Gasteiger partial charge in [0, 0.05) is 5.39 Å². The number of nitrogens with one attached hydrogen (secondary N) is 1. The van der Waals surface area contributed by atoms with Crippen molar-refractivity contribution in [1.29, 1.82) is 0 Å². The van der Waals surface area contributed by atoms with Crippen LogP contribution in [0.1, 0.15) is 12.5 Å². The van der Waals surface area contributed by atoms with Crippen LogP contribution in [0, 0.1) is 0 Å². The third-order valence-corrected chi connectivity index (χ3v) is 2.36. The standard InChI is InChI=1S/C9H11BN2O2/c1-2-6-3-7-5-11-12-9(7)4-8(6)10(13)14/h3-5,13-14H,2H2,1H3,(H,11,12). The number of hydrogen-bond donors (Lipinski definition) is 3. The number of aromatic nitrogens is 2. The molecule has 0 saturated heterocycles. The van der Waals surface area contributed by atoms with E-state index in [2.05, 4.69) is 10.2 Å². The molecule has 5 heteroatoms. The molecule has 0 unspecified atom stereocenters. The summed E-state index contributed by atoms with van der Waals surface area (Å²) in [6.07, 6.45) is 2.50. The number of aryl methyl sites for hydroxylation is 1. The highest BCUT2D eigenvalue weighted by Gasteiger charge is 2.16. The first-order valence-corrected chi connectivity index (χ1v) is 4.54. The molecule has 72 valence electrons. The van der Waals surface area contributed by atoms with E-state index in [1.54, 1.807) is 12.3 Å². The zero-order valence-corrected chi connectivity index (χ0v) is 7.86. The van der Waals surface area contributed by atoms with E-state index < -0.39 is 7.12 Å². The monoisotopic (exact) mass is 190 g/mol. The highest BCUT2D eigenvalue weighted by atomic mass is 16.4. The molecule has 0 amide bonds. The van der Waals surface area contributed by atoms with E-state index in [1.807, 2.05) is 13.0 Å². The number of benzene rings is 1. The second-order valence-electron chi connectivity index (χ2n) is 3.24. The maximum atomic E-state index is 9.15. The summed E-state index contributed by atoms with van der Waals surface area (Å²) in [5.41, 5.74) is 2.31. The van der Waals surface area contributed by atoms with E-state index in [0.29, 0.717) is 5.46 Å². The molecule has 0 bridgehead atoms. The van der Waals surface area contributed by atoms with Crippen molar-refractivity contribution in [3.63, 3.8) is 0 Å². The average Bonchev–Trinajstić information content (AvgIpc) is 2.62. The lowest BCUT2D eigenvalue weighted by Gasteiger charge is -2.06. The maximum Gasteiger partial charge on any atom is 0.488 e. The summed E-state index contributed by atoms with van der Waals surface area (Å²) < 4.78 is 0. The zero-order chi connectivity index (χ0) is 10.1. The Labute approximate surface area is 81.7 Å². The minimum Gasteiger partial charge on any atom is -0.423 e. The van der Waals surface area contributed by atoms with E-state index in [0.717, 1.165) is 22.9 Å². The Hall–Kier alpha value is -1.33. The minimum absolute atomic E-state index is 0.546. The Balaban J connectivity index is 2.66. The molecule has 0 radical (unpaired) electrons. The van der Waals surface area contributed by atoms with Gasteiger partial charge in [0.25, 0.3) is 0 Å². The van der Waals surface area contributed by atoms with Crippen LogP contribution in [0.3, 0.4) is 0 Å². The van der Waals surface area contributed by atoms with Gasteiger partial charge in [-0.1, -0.05) is 6.92 Å². The molecule has 0 spiro atoms. The molecular weight excluding hydrogens is 179 g/mol. The lowest BCUT2D eigenvalue weighted by atomic mass is 9.76. The molecule has 1 aromatic carbocycles. The van der Waals surface area contributed by atoms with Crippen molar-refractivity contribution in [2.24, 2.45) is 0 Å². The molecule has 0 fully saturated rings. The van der Waals surface area contributed by atoms with Gasteiger partial charge in [-0.3, -0.25) is 5.10 Å². The number of aromatic amines is 1. The SMILES string of the molecule is CCc1cc2cn[nH]c2cc1B(O)O. The third-order valence-electron chi connectivity index (χ3n) is 2.36. The summed E-state index contributed by atoms with van der Waals surface area (Å²) in [5.74, 6) is 0. The lowest BCUT2D eigenvalue weighted by molar-refractivity contribution is 0.425. The Morgan fingerprint density at radius 2 is 2.21 bits per heavy atom. The fourth-order valence-corrected chi connectivity index (χ4v) is 1.60. The van der Waals surface area contributed by atoms with Gasteiger partial charge >= 0.3 is 7.12 Å². The molecule has 1 aromatic heterocycles. The van der Waals surface area contributed by atoms with Crippen LogP contribution < -0.4 is 5.46 Å². The highest BCUT2D eigenvalue weighted by molar-refractivity contribution is 6.59. The van der Waals surface area contributed by atoms with Crippen molar-refractivity contribution < 1.29 is 10.0 Å². The summed E-state index contributed by atoms with van der Waals surface area (Å²) in [6.45, 7) is 1.98. The lowest BCUT2D eigenvalue weighted by Crippen LogP contribution is -2.32. The first-order chi connectivity index (χ1) is 6.72. The molecular formula is C9H11BN2O2. The first kappa shape index (κ1) is 9.24. The number of rotatable bonds is 2. The van der Waals surface area contributed by atoms with Crippen molar-refractivity contribution in [1.82, 2.24) is 10.2 Å². The van der Waals surface area contributed by atoms with Gasteiger partial charge in [0.15, 0.2) is 0 Å². The van der Waals surface area contributed by atoms with E-state index in [-0.39, 0.29) is 0 Å². The minimum atomic E-state index is -1.42. The van der Waals surface area contributed by atoms with Crippen molar-refractivity contribution in [3.8, 4) is 0 Å². The van der Waals surface area contributed by atoms with Crippen LogP contribution >= 0.6 is 0 Å². The van der Waals surface area contributed by atoms with Crippen LogP contribution in [0.15, 0.2) is 18.3 Å². The fourth-order valence-electron chi connectivity index (χ4n) is 1.60. The Morgan fingerprint density at radius 1 is 1.43 bits per heavy atom. The van der Waals surface area contributed by atoms with Gasteiger partial charge in [0.1, 0.15) is 0 Å². The van der Waals surface area contributed by atoms with E-state index in [4.69, 9.17) is 10.0 Å². The molecule has 0 saturated carbocycles. The quantitative estimate of drug-likeness (QED) is 0.574. The Bertz CT molecular complexity index is 453. The predicted octanol–water partition coefficient (Wildman–Crippen LogP) is -0.195. The number of fused-ring (bicyclic) bond motifs is 1. The van der Waals surface area contributed by atoms with E-state index >= 15 is 0 Å². The van der Waals surface area contributed by atoms with Crippen molar-refractivity contribution in [2.75, 3.05) is 0 Å². The molecule has 3 N–H and O–H groups in total. The normalized spacial score (nSPS) is 10.8. The number of hydrogen-bond acceptors (Lipinski definition) is 3. The molecule has 0 aliphatic carbocycles. The van der Waals surface area contributed by atoms with Gasteiger partial charge < -0.3 is 10.0 Å². The summed E-state index contributed by atoms with van der Waals surface area (Å²) in [4.78, 5) is 0. The van der Waals surface area contributed by atoms with Gasteiger partial charge in [-0.05, 0) is 29.6 Å². The molecule has 4 nitrogen and oxygen atoms in total. The third kappa shape index (κ3) is 1.40. The molecule has 0 aliphatic heterocycles. The maximum absolute atomic E-state index is 9.15. The molecule has 0 atom stereocenters. The van der Waals surface area contributed by atoms with Gasteiger partial charge in [-0.25, -0.2) is 0 Å². The van der Waals surface area contributed by atoms with Gasteiger partial charge in [-0.15, -0.1) is 0 Å². The first-order valence-electron chi connectivity index (χ1n) is 4.54.